The fourth-order valence-corrected chi connectivity index (χ4v) is 11.6. The lowest BCUT2D eigenvalue weighted by Crippen LogP contribution is -2.68. The van der Waals surface area contributed by atoms with E-state index in [9.17, 15) is 55.2 Å². The highest BCUT2D eigenvalue weighted by molar-refractivity contribution is 5.72. The number of ether oxygens (including phenoxy) is 13. The first-order valence-electron chi connectivity index (χ1n) is 31.2. The van der Waals surface area contributed by atoms with Crippen LogP contribution in [-0.4, -0.2) is 218 Å². The minimum absolute atomic E-state index is 0.0216. The highest BCUT2D eigenvalue weighted by atomic mass is 16.8. The summed E-state index contributed by atoms with van der Waals surface area (Å²) in [6.07, 6.45) is -23.7. The number of esters is 3. The molecule has 24 heteroatoms. The first kappa shape index (κ1) is 69.8. The maximum atomic E-state index is 14.1. The standard InChI is InChI=1S/C59H102O24/c1-10-13-15-19-24-29-38(61)78-53-52(83-55-44(67)41(64)39(62)31(5)71-55)49(81-56-45(68)43(66)47(33(7)73-56)79-54(70)30(4)12-3)35(9)75-59(53)80-48-34(8)74-58-51(46(48)69)77-37(60)28-25-21-18-16-17-20-23-27-36(26-22-14-11-2)76-57-50(82-58)42(65)40(63)32(6)72-57/h30-36,39-53,55-59,62-69H,10-29H2,1-9H3. The van der Waals surface area contributed by atoms with E-state index in [1.54, 1.807) is 20.8 Å². The number of hydrogen-bond acceptors (Lipinski definition) is 24. The fraction of sp³-hybridized carbons (Fsp3) is 0.949. The van der Waals surface area contributed by atoms with Crippen LogP contribution in [0.4, 0.5) is 0 Å². The van der Waals surface area contributed by atoms with E-state index in [0.717, 1.165) is 83.5 Å². The van der Waals surface area contributed by atoms with Crippen molar-refractivity contribution in [3.05, 3.63) is 0 Å². The lowest BCUT2D eigenvalue weighted by molar-refractivity contribution is -0.399. The summed E-state index contributed by atoms with van der Waals surface area (Å²) in [5, 5.41) is 91.7. The number of aliphatic hydroxyl groups is 8. The van der Waals surface area contributed by atoms with Crippen molar-refractivity contribution >= 4 is 17.9 Å². The van der Waals surface area contributed by atoms with E-state index < -0.39 is 177 Å². The lowest BCUT2D eigenvalue weighted by Gasteiger charge is -2.51. The molecule has 0 aromatic heterocycles. The van der Waals surface area contributed by atoms with Crippen LogP contribution < -0.4 is 0 Å². The Hall–Kier alpha value is -2.31. The van der Waals surface area contributed by atoms with E-state index in [1.165, 1.54) is 27.7 Å². The Morgan fingerprint density at radius 2 is 1.01 bits per heavy atom. The van der Waals surface area contributed by atoms with Crippen molar-refractivity contribution in [1.29, 1.82) is 0 Å². The number of aliphatic hydroxyl groups excluding tert-OH is 8. The minimum Gasteiger partial charge on any atom is -0.457 e. The molecule has 8 N–H and O–H groups in total. The second-order valence-electron chi connectivity index (χ2n) is 23.9. The number of carbonyl (C=O) groups is 3. The van der Waals surface area contributed by atoms with Crippen molar-refractivity contribution in [2.45, 2.75) is 350 Å². The summed E-state index contributed by atoms with van der Waals surface area (Å²) in [6, 6.07) is 0. The average molecular weight is 1200 g/mol. The van der Waals surface area contributed by atoms with Crippen LogP contribution in [0.25, 0.3) is 0 Å². The van der Waals surface area contributed by atoms with Crippen molar-refractivity contribution in [3.63, 3.8) is 0 Å². The lowest BCUT2D eigenvalue weighted by atomic mass is 9.95. The van der Waals surface area contributed by atoms with E-state index >= 15 is 0 Å². The number of hydrogen-bond donors (Lipinski definition) is 8. The van der Waals surface area contributed by atoms with Gasteiger partial charge in [0.05, 0.1) is 42.5 Å². The van der Waals surface area contributed by atoms with Gasteiger partial charge in [-0.25, -0.2) is 0 Å². The molecule has 6 rings (SSSR count). The maximum absolute atomic E-state index is 14.1. The van der Waals surface area contributed by atoms with Gasteiger partial charge in [-0.2, -0.15) is 0 Å². The van der Waals surface area contributed by atoms with Gasteiger partial charge in [-0.3, -0.25) is 14.4 Å². The van der Waals surface area contributed by atoms with Gasteiger partial charge in [-0.1, -0.05) is 111 Å². The van der Waals surface area contributed by atoms with Crippen LogP contribution in [-0.2, 0) is 76.0 Å². The Morgan fingerprint density at radius 3 is 1.70 bits per heavy atom. The third kappa shape index (κ3) is 18.9. The third-order valence-corrected chi connectivity index (χ3v) is 17.2. The number of rotatable bonds is 20. The van der Waals surface area contributed by atoms with Gasteiger partial charge in [0, 0.05) is 12.8 Å². The molecule has 482 valence electrons. The molecule has 0 radical (unpaired) electrons. The molecule has 0 saturated carbocycles. The van der Waals surface area contributed by atoms with Crippen LogP contribution in [0, 0.1) is 5.92 Å². The molecule has 6 saturated heterocycles. The van der Waals surface area contributed by atoms with Gasteiger partial charge in [-0.15, -0.1) is 0 Å². The van der Waals surface area contributed by atoms with E-state index in [0.29, 0.717) is 32.1 Å². The predicted molar refractivity (Wildman–Crippen MR) is 292 cm³/mol. The van der Waals surface area contributed by atoms with Crippen LogP contribution in [0.15, 0.2) is 0 Å². The molecule has 0 aromatic carbocycles. The zero-order chi connectivity index (χ0) is 60.7. The van der Waals surface area contributed by atoms with Crippen LogP contribution in [0.5, 0.6) is 0 Å². The molecule has 6 heterocycles. The summed E-state index contributed by atoms with van der Waals surface area (Å²) >= 11 is 0. The second-order valence-corrected chi connectivity index (χ2v) is 23.9. The third-order valence-electron chi connectivity index (χ3n) is 17.2. The SMILES string of the molecule is CCCCCCCC(=O)OC1C(OC2C(C)OC3OC4C(OC(CCCCC)CCCCCCCCCC(=O)OC3C2O)OC(C)C(O)C4O)OC(C)C(OC2OC(C)C(OC(=O)C(C)CC)C(O)C2O)C1OC1OC(C)C(O)C(O)C1O. The number of unbranched alkanes of at least 4 members (excludes halogenated alkanes) is 6. The summed E-state index contributed by atoms with van der Waals surface area (Å²) in [5.41, 5.74) is 0. The van der Waals surface area contributed by atoms with Crippen molar-refractivity contribution in [3.8, 4) is 0 Å². The summed E-state index contributed by atoms with van der Waals surface area (Å²) in [7, 11) is 0. The zero-order valence-corrected chi connectivity index (χ0v) is 50.3. The first-order valence-corrected chi connectivity index (χ1v) is 31.2. The molecular weight excluding hydrogens is 1090 g/mol. The Balaban J connectivity index is 1.35. The molecule has 6 aliphatic heterocycles. The molecule has 6 aliphatic rings. The molecule has 0 amide bonds. The highest BCUT2D eigenvalue weighted by Crippen LogP contribution is 2.39. The van der Waals surface area contributed by atoms with E-state index in [-0.39, 0.29) is 18.9 Å². The molecule has 27 unspecified atom stereocenters. The predicted octanol–water partition coefficient (Wildman–Crippen LogP) is 3.77. The molecule has 0 aromatic rings. The first-order chi connectivity index (χ1) is 39.6. The Bertz CT molecular complexity index is 1920. The van der Waals surface area contributed by atoms with Crippen molar-refractivity contribution in [2.75, 3.05) is 0 Å². The number of fused-ring (bicyclic) bond motifs is 2. The van der Waals surface area contributed by atoms with Gasteiger partial charge < -0.3 is 102 Å². The number of carbonyl (C=O) groups excluding carboxylic acids is 3. The van der Waals surface area contributed by atoms with Crippen molar-refractivity contribution < 1.29 is 117 Å². The van der Waals surface area contributed by atoms with Crippen molar-refractivity contribution in [1.82, 2.24) is 0 Å². The summed E-state index contributed by atoms with van der Waals surface area (Å²) in [5.74, 6) is -2.58. The van der Waals surface area contributed by atoms with E-state index in [1.807, 2.05) is 0 Å². The Morgan fingerprint density at radius 1 is 0.482 bits per heavy atom. The quantitative estimate of drug-likeness (QED) is 0.0489. The summed E-state index contributed by atoms with van der Waals surface area (Å²) in [4.78, 5) is 40.9. The van der Waals surface area contributed by atoms with Crippen molar-refractivity contribution in [2.24, 2.45) is 5.92 Å². The zero-order valence-electron chi connectivity index (χ0n) is 50.3. The van der Waals surface area contributed by atoms with Gasteiger partial charge in [0.2, 0.25) is 0 Å². The normalized spacial score (nSPS) is 43.1. The van der Waals surface area contributed by atoms with Gasteiger partial charge >= 0.3 is 17.9 Å². The molecule has 0 spiro atoms. The Labute approximate surface area is 489 Å². The fourth-order valence-electron chi connectivity index (χ4n) is 11.6. The molecule has 0 bridgehead atoms. The van der Waals surface area contributed by atoms with Gasteiger partial charge in [0.25, 0.3) is 0 Å². The minimum atomic E-state index is -1.90. The molecular formula is C59H102O24. The molecule has 83 heavy (non-hydrogen) atoms. The van der Waals surface area contributed by atoms with Crippen LogP contribution in [0.1, 0.15) is 191 Å². The Kier molecular flexibility index (Phi) is 28.5. The smallest absolute Gasteiger partial charge is 0.309 e. The van der Waals surface area contributed by atoms with Crippen LogP contribution >= 0.6 is 0 Å². The highest BCUT2D eigenvalue weighted by Gasteiger charge is 2.58. The monoisotopic (exact) mass is 1190 g/mol. The van der Waals surface area contributed by atoms with Gasteiger partial charge in [-0.05, 0) is 66.7 Å². The topological polar surface area (TPSA) is 333 Å². The second kappa shape index (κ2) is 33.9. The van der Waals surface area contributed by atoms with Gasteiger partial charge in [0.15, 0.2) is 49.8 Å². The molecule has 24 nitrogen and oxygen atoms in total. The molecule has 27 atom stereocenters. The van der Waals surface area contributed by atoms with Gasteiger partial charge in [0.1, 0.15) is 73.2 Å². The molecule has 6 fully saturated rings. The summed E-state index contributed by atoms with van der Waals surface area (Å²) < 4.78 is 82.0. The largest absolute Gasteiger partial charge is 0.457 e. The summed E-state index contributed by atoms with van der Waals surface area (Å²) in [6.45, 7) is 15.2. The van der Waals surface area contributed by atoms with E-state index in [2.05, 4.69) is 13.8 Å². The van der Waals surface area contributed by atoms with E-state index in [4.69, 9.17) is 61.6 Å². The van der Waals surface area contributed by atoms with Crippen LogP contribution in [0.3, 0.4) is 0 Å². The molecule has 0 aliphatic carbocycles. The van der Waals surface area contributed by atoms with Crippen LogP contribution in [0.2, 0.25) is 0 Å². The average Bonchev–Trinajstić information content (AvgIpc) is 3.62. The maximum Gasteiger partial charge on any atom is 0.309 e.